The first kappa shape index (κ1) is 15.8. The quantitative estimate of drug-likeness (QED) is 0.841. The van der Waals surface area contributed by atoms with Gasteiger partial charge in [0.25, 0.3) is 11.5 Å². The highest BCUT2D eigenvalue weighted by Crippen LogP contribution is 2.43. The van der Waals surface area contributed by atoms with E-state index in [1.165, 1.54) is 25.2 Å². The standard InChI is InChI=1S/C17H24N4O3/c1-24-8-13-5-17(21(7-13)6-12-2-3-12)9-20(10-17)16(23)14-4-15(22)19-11-18-14/h4,11-13H,2-3,5-10H2,1H3,(H,18,19,22). The fourth-order valence-electron chi connectivity index (χ4n) is 4.25. The van der Waals surface area contributed by atoms with E-state index >= 15 is 0 Å². The molecule has 1 spiro atoms. The van der Waals surface area contributed by atoms with Crippen LogP contribution in [0.15, 0.2) is 17.2 Å². The second kappa shape index (κ2) is 5.97. The highest BCUT2D eigenvalue weighted by Gasteiger charge is 2.55. The Hall–Kier alpha value is -1.73. The molecule has 1 aromatic rings. The fraction of sp³-hybridized carbons (Fsp3) is 0.706. The number of amides is 1. The molecule has 1 saturated carbocycles. The highest BCUT2D eigenvalue weighted by atomic mass is 16.5. The number of H-pyrrole nitrogens is 1. The maximum absolute atomic E-state index is 12.5. The molecule has 7 nitrogen and oxygen atoms in total. The maximum Gasteiger partial charge on any atom is 0.272 e. The number of hydrogen-bond donors (Lipinski definition) is 1. The third kappa shape index (κ3) is 2.86. The lowest BCUT2D eigenvalue weighted by Crippen LogP contribution is -2.69. The molecular weight excluding hydrogens is 308 g/mol. The number of rotatable bonds is 5. The molecule has 1 N–H and O–H groups in total. The summed E-state index contributed by atoms with van der Waals surface area (Å²) in [6.07, 6.45) is 5.04. The van der Waals surface area contributed by atoms with Crippen LogP contribution in [0, 0.1) is 11.8 Å². The third-order valence-electron chi connectivity index (χ3n) is 5.55. The van der Waals surface area contributed by atoms with Crippen molar-refractivity contribution < 1.29 is 9.53 Å². The minimum Gasteiger partial charge on any atom is -0.384 e. The summed E-state index contributed by atoms with van der Waals surface area (Å²) < 4.78 is 5.36. The van der Waals surface area contributed by atoms with E-state index in [0.717, 1.165) is 45.1 Å². The number of hydrogen-bond acceptors (Lipinski definition) is 5. The van der Waals surface area contributed by atoms with Gasteiger partial charge in [-0.05, 0) is 31.1 Å². The summed E-state index contributed by atoms with van der Waals surface area (Å²) in [5, 5.41) is 0. The Morgan fingerprint density at radius 3 is 2.88 bits per heavy atom. The van der Waals surface area contributed by atoms with E-state index in [0.29, 0.717) is 5.92 Å². The minimum atomic E-state index is -0.292. The molecule has 1 amide bonds. The van der Waals surface area contributed by atoms with Crippen LogP contribution >= 0.6 is 0 Å². The molecule has 1 unspecified atom stereocenters. The van der Waals surface area contributed by atoms with Crippen molar-refractivity contribution in [3.63, 3.8) is 0 Å². The van der Waals surface area contributed by atoms with E-state index in [-0.39, 0.29) is 22.7 Å². The Kier molecular flexibility index (Phi) is 3.92. The van der Waals surface area contributed by atoms with Crippen molar-refractivity contribution in [3.8, 4) is 0 Å². The normalized spacial score (nSPS) is 25.9. The summed E-state index contributed by atoms with van der Waals surface area (Å²) in [4.78, 5) is 34.8. The number of methoxy groups -OCH3 is 1. The lowest BCUT2D eigenvalue weighted by Gasteiger charge is -2.53. The Morgan fingerprint density at radius 2 is 2.21 bits per heavy atom. The second-order valence-electron chi connectivity index (χ2n) is 7.56. The predicted octanol–water partition coefficient (Wildman–Crippen LogP) is 0.343. The lowest BCUT2D eigenvalue weighted by atomic mass is 9.84. The van der Waals surface area contributed by atoms with Crippen molar-refractivity contribution in [1.29, 1.82) is 0 Å². The predicted molar refractivity (Wildman–Crippen MR) is 87.8 cm³/mol. The van der Waals surface area contributed by atoms with E-state index in [2.05, 4.69) is 14.9 Å². The molecule has 24 heavy (non-hydrogen) atoms. The lowest BCUT2D eigenvalue weighted by molar-refractivity contribution is -0.0203. The van der Waals surface area contributed by atoms with Crippen LogP contribution in [-0.2, 0) is 4.74 Å². The Bertz CT molecular complexity index is 678. The zero-order chi connectivity index (χ0) is 16.7. The van der Waals surface area contributed by atoms with Gasteiger partial charge in [-0.3, -0.25) is 14.5 Å². The average molecular weight is 332 g/mol. The number of carbonyl (C=O) groups is 1. The van der Waals surface area contributed by atoms with Crippen molar-refractivity contribution >= 4 is 5.91 Å². The summed E-state index contributed by atoms with van der Waals surface area (Å²) in [5.74, 6) is 1.24. The number of ether oxygens (including phenoxy) is 1. The van der Waals surface area contributed by atoms with Crippen molar-refractivity contribution in [2.75, 3.05) is 39.9 Å². The topological polar surface area (TPSA) is 78.5 Å². The van der Waals surface area contributed by atoms with Crippen LogP contribution in [0.5, 0.6) is 0 Å². The first-order chi connectivity index (χ1) is 11.6. The molecule has 7 heteroatoms. The van der Waals surface area contributed by atoms with Crippen molar-refractivity contribution in [3.05, 3.63) is 28.4 Å². The molecule has 2 saturated heterocycles. The molecule has 3 aliphatic rings. The van der Waals surface area contributed by atoms with Gasteiger partial charge in [-0.1, -0.05) is 0 Å². The van der Waals surface area contributed by atoms with Crippen LogP contribution < -0.4 is 5.56 Å². The van der Waals surface area contributed by atoms with Crippen LogP contribution in [-0.4, -0.2) is 71.1 Å². The summed E-state index contributed by atoms with van der Waals surface area (Å²) in [6.45, 7) is 4.45. The third-order valence-corrected chi connectivity index (χ3v) is 5.55. The molecule has 1 aliphatic carbocycles. The molecule has 0 radical (unpaired) electrons. The largest absolute Gasteiger partial charge is 0.384 e. The molecule has 3 heterocycles. The van der Waals surface area contributed by atoms with E-state index in [1.54, 1.807) is 7.11 Å². The van der Waals surface area contributed by atoms with Crippen LogP contribution in [0.4, 0.5) is 0 Å². The van der Waals surface area contributed by atoms with Crippen LogP contribution in [0.2, 0.25) is 0 Å². The summed E-state index contributed by atoms with van der Waals surface area (Å²) >= 11 is 0. The molecule has 130 valence electrons. The van der Waals surface area contributed by atoms with Gasteiger partial charge in [-0.25, -0.2) is 4.98 Å². The Labute approximate surface area is 141 Å². The zero-order valence-electron chi connectivity index (χ0n) is 14.0. The SMILES string of the molecule is COCC1CN(CC2CC2)C2(C1)CN(C(=O)c1cc(=O)[nH]cn1)C2. The van der Waals surface area contributed by atoms with Gasteiger partial charge in [0, 0.05) is 39.4 Å². The van der Waals surface area contributed by atoms with Crippen LogP contribution in [0.3, 0.4) is 0 Å². The minimum absolute atomic E-state index is 0.0998. The summed E-state index contributed by atoms with van der Waals surface area (Å²) in [7, 11) is 1.76. The molecule has 0 aromatic carbocycles. The van der Waals surface area contributed by atoms with Gasteiger partial charge in [-0.15, -0.1) is 0 Å². The molecule has 1 aromatic heterocycles. The number of likely N-dealkylation sites (tertiary alicyclic amines) is 2. The van der Waals surface area contributed by atoms with Gasteiger partial charge in [-0.2, -0.15) is 0 Å². The number of nitrogens with zero attached hydrogens (tertiary/aromatic N) is 3. The molecule has 3 fully saturated rings. The maximum atomic E-state index is 12.5. The van der Waals surface area contributed by atoms with Crippen molar-refractivity contribution in [2.45, 2.75) is 24.8 Å². The zero-order valence-corrected chi connectivity index (χ0v) is 14.0. The fourth-order valence-corrected chi connectivity index (χ4v) is 4.25. The number of nitrogens with one attached hydrogen (secondary N) is 1. The number of aromatic amines is 1. The van der Waals surface area contributed by atoms with E-state index in [9.17, 15) is 9.59 Å². The highest BCUT2D eigenvalue weighted by molar-refractivity contribution is 5.93. The van der Waals surface area contributed by atoms with Crippen molar-refractivity contribution in [2.24, 2.45) is 11.8 Å². The second-order valence-corrected chi connectivity index (χ2v) is 7.56. The van der Waals surface area contributed by atoms with Gasteiger partial charge < -0.3 is 14.6 Å². The van der Waals surface area contributed by atoms with Crippen LogP contribution in [0.25, 0.3) is 0 Å². The summed E-state index contributed by atoms with van der Waals surface area (Å²) in [5.41, 5.74) is 0.0385. The van der Waals surface area contributed by atoms with Gasteiger partial charge in [0.15, 0.2) is 0 Å². The summed E-state index contributed by atoms with van der Waals surface area (Å²) in [6, 6.07) is 1.28. The van der Waals surface area contributed by atoms with E-state index in [1.807, 2.05) is 4.90 Å². The van der Waals surface area contributed by atoms with Gasteiger partial charge in [0.1, 0.15) is 5.69 Å². The van der Waals surface area contributed by atoms with Crippen LogP contribution in [0.1, 0.15) is 29.8 Å². The average Bonchev–Trinajstić information content (AvgIpc) is 3.26. The monoisotopic (exact) mass is 332 g/mol. The van der Waals surface area contributed by atoms with Gasteiger partial charge in [0.2, 0.25) is 0 Å². The molecule has 0 bridgehead atoms. The Morgan fingerprint density at radius 1 is 1.42 bits per heavy atom. The molecular formula is C17H24N4O3. The first-order valence-electron chi connectivity index (χ1n) is 8.68. The van der Waals surface area contributed by atoms with E-state index < -0.39 is 0 Å². The molecule has 1 atom stereocenters. The van der Waals surface area contributed by atoms with Gasteiger partial charge in [0.05, 0.1) is 18.5 Å². The van der Waals surface area contributed by atoms with E-state index in [4.69, 9.17) is 4.74 Å². The Balaban J connectivity index is 1.44. The van der Waals surface area contributed by atoms with Gasteiger partial charge >= 0.3 is 0 Å². The number of aromatic nitrogens is 2. The smallest absolute Gasteiger partial charge is 0.272 e. The molecule has 2 aliphatic heterocycles. The number of carbonyl (C=O) groups excluding carboxylic acids is 1. The van der Waals surface area contributed by atoms with Crippen molar-refractivity contribution in [1.82, 2.24) is 19.8 Å². The molecule has 4 rings (SSSR count). The first-order valence-corrected chi connectivity index (χ1v) is 8.68.